The fraction of sp³-hybridized carbons (Fsp3) is 0.625. The molecule has 0 aromatic heterocycles. The van der Waals surface area contributed by atoms with Gasteiger partial charge in [-0.1, -0.05) is 13.8 Å². The van der Waals surface area contributed by atoms with E-state index in [1.807, 2.05) is 6.92 Å². The highest BCUT2D eigenvalue weighted by molar-refractivity contribution is 7.89. The van der Waals surface area contributed by atoms with E-state index in [4.69, 9.17) is 4.74 Å². The van der Waals surface area contributed by atoms with Crippen LogP contribution in [0.5, 0.6) is 5.75 Å². The lowest BCUT2D eigenvalue weighted by Gasteiger charge is -2.34. The summed E-state index contributed by atoms with van der Waals surface area (Å²) in [4.78, 5) is 0.282. The monoisotopic (exact) mass is 326 g/mol. The van der Waals surface area contributed by atoms with E-state index in [0.29, 0.717) is 18.3 Å². The molecule has 1 aliphatic rings. The number of piperidine rings is 1. The van der Waals surface area contributed by atoms with Crippen molar-refractivity contribution in [2.75, 3.05) is 19.7 Å². The van der Waals surface area contributed by atoms with Crippen LogP contribution in [0.2, 0.25) is 0 Å². The molecule has 1 aromatic rings. The minimum absolute atomic E-state index is 0.282. The van der Waals surface area contributed by atoms with Crippen LogP contribution in [0, 0.1) is 5.92 Å². The summed E-state index contributed by atoms with van der Waals surface area (Å²) in [7, 11) is -3.50. The molecule has 124 valence electrons. The highest BCUT2D eigenvalue weighted by Gasteiger charge is 2.31. The van der Waals surface area contributed by atoms with E-state index in [0.717, 1.165) is 25.9 Å². The largest absolute Gasteiger partial charge is 0.493 e. The summed E-state index contributed by atoms with van der Waals surface area (Å²) in [5.41, 5.74) is -0.378. The third kappa shape index (κ3) is 4.69. The van der Waals surface area contributed by atoms with Crippen molar-refractivity contribution in [2.45, 2.75) is 44.0 Å². The molecule has 1 heterocycles. The van der Waals surface area contributed by atoms with Gasteiger partial charge in [-0.25, -0.2) is 13.1 Å². The van der Waals surface area contributed by atoms with Crippen molar-refractivity contribution in [3.05, 3.63) is 24.3 Å². The van der Waals surface area contributed by atoms with Crippen molar-refractivity contribution < 1.29 is 13.2 Å². The summed E-state index contributed by atoms with van der Waals surface area (Å²) >= 11 is 0. The molecule has 0 atom stereocenters. The number of benzene rings is 1. The number of rotatable bonds is 6. The minimum Gasteiger partial charge on any atom is -0.493 e. The van der Waals surface area contributed by atoms with Gasteiger partial charge in [0.2, 0.25) is 10.0 Å². The van der Waals surface area contributed by atoms with Crippen LogP contribution < -0.4 is 14.8 Å². The average molecular weight is 326 g/mol. The molecule has 6 heteroatoms. The first kappa shape index (κ1) is 17.2. The third-order valence-electron chi connectivity index (χ3n) is 3.81. The summed E-state index contributed by atoms with van der Waals surface area (Å²) < 4.78 is 33.5. The summed E-state index contributed by atoms with van der Waals surface area (Å²) in [5.74, 6) is 1.13. The quantitative estimate of drug-likeness (QED) is 0.840. The van der Waals surface area contributed by atoms with Gasteiger partial charge in [0.05, 0.1) is 11.5 Å². The van der Waals surface area contributed by atoms with Crippen molar-refractivity contribution in [1.82, 2.24) is 10.0 Å². The molecule has 0 saturated carbocycles. The van der Waals surface area contributed by atoms with Crippen molar-refractivity contribution in [3.8, 4) is 5.75 Å². The van der Waals surface area contributed by atoms with Crippen LogP contribution in [0.25, 0.3) is 0 Å². The molecule has 2 N–H and O–H groups in total. The fourth-order valence-electron chi connectivity index (χ4n) is 2.44. The third-order valence-corrected chi connectivity index (χ3v) is 5.46. The number of hydrogen-bond donors (Lipinski definition) is 2. The van der Waals surface area contributed by atoms with E-state index in [9.17, 15) is 8.42 Å². The Hall–Kier alpha value is -1.11. The van der Waals surface area contributed by atoms with Gasteiger partial charge in [-0.05, 0) is 63.0 Å². The lowest BCUT2D eigenvalue weighted by atomic mass is 9.92. The maximum atomic E-state index is 12.5. The summed E-state index contributed by atoms with van der Waals surface area (Å²) in [6.45, 7) is 8.40. The van der Waals surface area contributed by atoms with Crippen molar-refractivity contribution in [3.63, 3.8) is 0 Å². The van der Waals surface area contributed by atoms with Gasteiger partial charge in [0, 0.05) is 5.54 Å². The summed E-state index contributed by atoms with van der Waals surface area (Å²) in [5, 5.41) is 3.24. The molecule has 1 saturated heterocycles. The molecule has 22 heavy (non-hydrogen) atoms. The molecule has 2 rings (SSSR count). The second kappa shape index (κ2) is 6.98. The van der Waals surface area contributed by atoms with E-state index in [-0.39, 0.29) is 10.4 Å². The number of nitrogens with one attached hydrogen (secondary N) is 2. The molecule has 1 aliphatic heterocycles. The van der Waals surface area contributed by atoms with Gasteiger partial charge < -0.3 is 10.1 Å². The molecule has 0 spiro atoms. The smallest absolute Gasteiger partial charge is 0.241 e. The Morgan fingerprint density at radius 2 is 1.82 bits per heavy atom. The first-order chi connectivity index (χ1) is 10.3. The molecule has 5 nitrogen and oxygen atoms in total. The van der Waals surface area contributed by atoms with Crippen molar-refractivity contribution >= 4 is 10.0 Å². The zero-order chi connectivity index (χ0) is 16.2. The topological polar surface area (TPSA) is 67.4 Å². The zero-order valence-corrected chi connectivity index (χ0v) is 14.4. The number of hydrogen-bond acceptors (Lipinski definition) is 4. The second-order valence-electron chi connectivity index (χ2n) is 6.59. The van der Waals surface area contributed by atoms with Crippen LogP contribution in [0.1, 0.15) is 33.6 Å². The maximum Gasteiger partial charge on any atom is 0.241 e. The Balaban J connectivity index is 2.05. The van der Waals surface area contributed by atoms with Gasteiger partial charge >= 0.3 is 0 Å². The van der Waals surface area contributed by atoms with Gasteiger partial charge in [0.1, 0.15) is 5.75 Å². The Bertz CT molecular complexity index is 576. The van der Waals surface area contributed by atoms with E-state index < -0.39 is 10.0 Å². The van der Waals surface area contributed by atoms with Crippen LogP contribution in [0.4, 0.5) is 0 Å². The number of ether oxygens (including phenoxy) is 1. The molecule has 0 bridgehead atoms. The minimum atomic E-state index is -3.50. The van der Waals surface area contributed by atoms with Gasteiger partial charge in [-0.3, -0.25) is 0 Å². The number of sulfonamides is 1. The molecule has 1 fully saturated rings. The first-order valence-corrected chi connectivity index (χ1v) is 9.27. The molecule has 0 radical (unpaired) electrons. The Labute approximate surface area is 133 Å². The highest BCUT2D eigenvalue weighted by Crippen LogP contribution is 2.22. The first-order valence-electron chi connectivity index (χ1n) is 7.78. The van der Waals surface area contributed by atoms with E-state index in [2.05, 4.69) is 23.9 Å². The van der Waals surface area contributed by atoms with E-state index in [1.54, 1.807) is 24.3 Å². The van der Waals surface area contributed by atoms with Gasteiger partial charge in [0.25, 0.3) is 0 Å². The predicted molar refractivity (Wildman–Crippen MR) is 87.6 cm³/mol. The highest BCUT2D eigenvalue weighted by atomic mass is 32.2. The Kier molecular flexibility index (Phi) is 5.47. The van der Waals surface area contributed by atoms with Crippen LogP contribution in [0.15, 0.2) is 29.2 Å². The molecule has 0 amide bonds. The van der Waals surface area contributed by atoms with Crippen molar-refractivity contribution in [1.29, 1.82) is 0 Å². The SMILES string of the molecule is CC(C)COc1ccc(S(=O)(=O)NC2(C)CCNCC2)cc1. The van der Waals surface area contributed by atoms with E-state index in [1.165, 1.54) is 0 Å². The molecular weight excluding hydrogens is 300 g/mol. The normalized spacial score (nSPS) is 18.4. The van der Waals surface area contributed by atoms with Crippen LogP contribution in [-0.2, 0) is 10.0 Å². The average Bonchev–Trinajstić information content (AvgIpc) is 2.45. The molecule has 0 aliphatic carbocycles. The molecule has 1 aromatic carbocycles. The van der Waals surface area contributed by atoms with Crippen LogP contribution in [-0.4, -0.2) is 33.7 Å². The summed E-state index contributed by atoms with van der Waals surface area (Å²) in [6.07, 6.45) is 1.59. The second-order valence-corrected chi connectivity index (χ2v) is 8.27. The predicted octanol–water partition coefficient (Wildman–Crippen LogP) is 2.14. The zero-order valence-electron chi connectivity index (χ0n) is 13.6. The standard InChI is InChI=1S/C16H26N2O3S/c1-13(2)12-21-14-4-6-15(7-5-14)22(19,20)18-16(3)8-10-17-11-9-16/h4-7,13,17-18H,8-12H2,1-3H3. The Morgan fingerprint density at radius 3 is 2.36 bits per heavy atom. The van der Waals surface area contributed by atoms with Crippen LogP contribution >= 0.6 is 0 Å². The van der Waals surface area contributed by atoms with Gasteiger partial charge in [0.15, 0.2) is 0 Å². The van der Waals surface area contributed by atoms with Gasteiger partial charge in [-0.2, -0.15) is 0 Å². The lowest BCUT2D eigenvalue weighted by Crippen LogP contribution is -2.52. The molecular formula is C16H26N2O3S. The lowest BCUT2D eigenvalue weighted by molar-refractivity contribution is 0.271. The fourth-order valence-corrected chi connectivity index (χ4v) is 3.91. The summed E-state index contributed by atoms with van der Waals surface area (Å²) in [6, 6.07) is 6.62. The maximum absolute atomic E-state index is 12.5. The van der Waals surface area contributed by atoms with Crippen molar-refractivity contribution in [2.24, 2.45) is 5.92 Å². The van der Waals surface area contributed by atoms with E-state index >= 15 is 0 Å². The Morgan fingerprint density at radius 1 is 1.23 bits per heavy atom. The van der Waals surface area contributed by atoms with Gasteiger partial charge in [-0.15, -0.1) is 0 Å². The molecule has 0 unspecified atom stereocenters. The van der Waals surface area contributed by atoms with Crippen LogP contribution in [0.3, 0.4) is 0 Å².